The van der Waals surface area contributed by atoms with E-state index in [9.17, 15) is 14.0 Å². The summed E-state index contributed by atoms with van der Waals surface area (Å²) in [5.41, 5.74) is 3.14. The van der Waals surface area contributed by atoms with Crippen LogP contribution in [0, 0.1) is 5.82 Å². The van der Waals surface area contributed by atoms with Gasteiger partial charge in [-0.25, -0.2) is 14.1 Å². The van der Waals surface area contributed by atoms with Crippen molar-refractivity contribution in [2.75, 3.05) is 13.7 Å². The second-order valence-electron chi connectivity index (χ2n) is 7.91. The molecule has 0 aromatic heterocycles. The van der Waals surface area contributed by atoms with E-state index in [0.717, 1.165) is 30.4 Å². The summed E-state index contributed by atoms with van der Waals surface area (Å²) < 4.78 is 13.4. The maximum atomic E-state index is 13.4. The van der Waals surface area contributed by atoms with Gasteiger partial charge in [0.2, 0.25) is 0 Å². The van der Waals surface area contributed by atoms with Gasteiger partial charge in [0, 0.05) is 6.54 Å². The van der Waals surface area contributed by atoms with E-state index in [1.54, 1.807) is 20.0 Å². The van der Waals surface area contributed by atoms with Gasteiger partial charge in [0.05, 0.1) is 6.67 Å². The maximum absolute atomic E-state index is 13.4. The van der Waals surface area contributed by atoms with Crippen LogP contribution in [0.5, 0.6) is 0 Å². The Morgan fingerprint density at radius 1 is 1.14 bits per heavy atom. The van der Waals surface area contributed by atoms with Crippen molar-refractivity contribution in [3.8, 4) is 0 Å². The van der Waals surface area contributed by atoms with Crippen molar-refractivity contribution in [3.05, 3.63) is 70.5 Å². The Morgan fingerprint density at radius 3 is 2.71 bits per heavy atom. The lowest BCUT2D eigenvalue weighted by atomic mass is 9.90. The number of benzene rings is 2. The molecular weight excluding hydrogens is 357 g/mol. The molecule has 0 saturated carbocycles. The summed E-state index contributed by atoms with van der Waals surface area (Å²) >= 11 is 0. The van der Waals surface area contributed by atoms with Crippen LogP contribution in [0.1, 0.15) is 35.6 Å². The highest BCUT2D eigenvalue weighted by molar-refractivity contribution is 6.07. The SMILES string of the molecule is CN(Cc1cccc(F)c1)CN1C(=O)N[C@@](C)(c2ccc3c(c2)CCC3)C1=O. The smallest absolute Gasteiger partial charge is 0.319 e. The zero-order valence-corrected chi connectivity index (χ0v) is 16.2. The number of imide groups is 1. The molecule has 1 atom stereocenters. The Balaban J connectivity index is 1.50. The molecule has 6 heteroatoms. The predicted molar refractivity (Wildman–Crippen MR) is 104 cm³/mol. The van der Waals surface area contributed by atoms with E-state index in [1.807, 2.05) is 17.0 Å². The highest BCUT2D eigenvalue weighted by Crippen LogP contribution is 2.32. The molecule has 0 unspecified atom stereocenters. The van der Waals surface area contributed by atoms with E-state index in [2.05, 4.69) is 17.4 Å². The highest BCUT2D eigenvalue weighted by Gasteiger charge is 2.49. The molecule has 1 saturated heterocycles. The topological polar surface area (TPSA) is 52.6 Å². The number of nitrogens with zero attached hydrogens (tertiary/aromatic N) is 2. The van der Waals surface area contributed by atoms with Crippen LogP contribution in [-0.4, -0.2) is 35.5 Å². The molecule has 4 rings (SSSR count). The van der Waals surface area contributed by atoms with E-state index in [4.69, 9.17) is 0 Å². The summed E-state index contributed by atoms with van der Waals surface area (Å²) in [6.07, 6.45) is 3.22. The minimum Gasteiger partial charge on any atom is -0.319 e. The van der Waals surface area contributed by atoms with Crippen molar-refractivity contribution >= 4 is 11.9 Å². The molecule has 1 fully saturated rings. The number of nitrogens with one attached hydrogen (secondary N) is 1. The average Bonchev–Trinajstić information content (AvgIpc) is 3.20. The number of hydrogen-bond donors (Lipinski definition) is 1. The monoisotopic (exact) mass is 381 g/mol. The molecule has 1 N–H and O–H groups in total. The third-order valence-electron chi connectivity index (χ3n) is 5.68. The summed E-state index contributed by atoms with van der Waals surface area (Å²) in [5, 5.41) is 2.87. The lowest BCUT2D eigenvalue weighted by Gasteiger charge is -2.25. The van der Waals surface area contributed by atoms with Gasteiger partial charge < -0.3 is 5.32 Å². The lowest BCUT2D eigenvalue weighted by Crippen LogP contribution is -2.42. The summed E-state index contributed by atoms with van der Waals surface area (Å²) in [5.74, 6) is -0.563. The minimum absolute atomic E-state index is 0.141. The number of carbonyl (C=O) groups excluding carboxylic acids is 2. The Kier molecular flexibility index (Phi) is 4.67. The van der Waals surface area contributed by atoms with Crippen LogP contribution < -0.4 is 5.32 Å². The molecule has 0 bridgehead atoms. The van der Waals surface area contributed by atoms with Gasteiger partial charge in [-0.2, -0.15) is 0 Å². The van der Waals surface area contributed by atoms with Crippen LogP contribution in [0.15, 0.2) is 42.5 Å². The first-order valence-electron chi connectivity index (χ1n) is 9.56. The molecule has 0 radical (unpaired) electrons. The third kappa shape index (κ3) is 3.29. The van der Waals surface area contributed by atoms with Crippen LogP contribution in [-0.2, 0) is 29.7 Å². The van der Waals surface area contributed by atoms with E-state index in [0.29, 0.717) is 6.54 Å². The quantitative estimate of drug-likeness (QED) is 0.810. The average molecular weight is 381 g/mol. The molecule has 2 aliphatic rings. The number of rotatable bonds is 5. The van der Waals surface area contributed by atoms with Gasteiger partial charge >= 0.3 is 6.03 Å². The standard InChI is InChI=1S/C22H24FN3O2/c1-22(18-10-9-16-6-4-7-17(16)12-18)20(27)26(21(28)24-22)14-25(2)13-15-5-3-8-19(23)11-15/h3,5,8-12H,4,6-7,13-14H2,1-2H3,(H,24,28)/t22-/m0/s1. The fourth-order valence-corrected chi connectivity index (χ4v) is 4.14. The Morgan fingerprint density at radius 2 is 1.93 bits per heavy atom. The zero-order chi connectivity index (χ0) is 19.9. The largest absolute Gasteiger partial charge is 0.326 e. The molecule has 2 aromatic rings. The van der Waals surface area contributed by atoms with E-state index in [1.165, 1.54) is 28.2 Å². The van der Waals surface area contributed by atoms with Gasteiger partial charge in [-0.05, 0) is 67.6 Å². The van der Waals surface area contributed by atoms with Gasteiger partial charge in [0.25, 0.3) is 5.91 Å². The number of urea groups is 1. The molecule has 28 heavy (non-hydrogen) atoms. The molecular formula is C22H24FN3O2. The number of aryl methyl sites for hydroxylation is 2. The Hall–Kier alpha value is -2.73. The molecule has 0 spiro atoms. The summed E-state index contributed by atoms with van der Waals surface area (Å²) in [6.45, 7) is 2.34. The van der Waals surface area contributed by atoms with Crippen molar-refractivity contribution in [3.63, 3.8) is 0 Å². The lowest BCUT2D eigenvalue weighted by molar-refractivity contribution is -0.132. The number of carbonyl (C=O) groups is 2. The van der Waals surface area contributed by atoms with E-state index < -0.39 is 11.6 Å². The van der Waals surface area contributed by atoms with Crippen LogP contribution in [0.3, 0.4) is 0 Å². The number of halogens is 1. The van der Waals surface area contributed by atoms with Gasteiger partial charge in [0.1, 0.15) is 11.4 Å². The van der Waals surface area contributed by atoms with E-state index in [-0.39, 0.29) is 18.4 Å². The third-order valence-corrected chi connectivity index (χ3v) is 5.68. The molecule has 1 aliphatic heterocycles. The maximum Gasteiger partial charge on any atom is 0.326 e. The number of amides is 3. The summed E-state index contributed by atoms with van der Waals surface area (Å²) in [6, 6.07) is 12.0. The second kappa shape index (κ2) is 7.02. The van der Waals surface area contributed by atoms with Crippen molar-refractivity contribution < 1.29 is 14.0 Å². The van der Waals surface area contributed by atoms with Crippen molar-refractivity contribution in [1.82, 2.24) is 15.1 Å². The molecule has 1 aliphatic carbocycles. The summed E-state index contributed by atoms with van der Waals surface area (Å²) in [7, 11) is 1.80. The molecule has 2 aromatic carbocycles. The Bertz CT molecular complexity index is 945. The fraction of sp³-hybridized carbons (Fsp3) is 0.364. The van der Waals surface area contributed by atoms with Crippen molar-refractivity contribution in [1.29, 1.82) is 0 Å². The van der Waals surface area contributed by atoms with E-state index >= 15 is 0 Å². The van der Waals surface area contributed by atoms with Crippen molar-refractivity contribution in [2.45, 2.75) is 38.3 Å². The second-order valence-corrected chi connectivity index (χ2v) is 7.91. The first-order chi connectivity index (χ1) is 13.4. The molecule has 146 valence electrons. The normalized spacial score (nSPS) is 21.4. The molecule has 1 heterocycles. The van der Waals surface area contributed by atoms with Crippen LogP contribution in [0.25, 0.3) is 0 Å². The summed E-state index contributed by atoms with van der Waals surface area (Å²) in [4.78, 5) is 28.7. The number of fused-ring (bicyclic) bond motifs is 1. The van der Waals surface area contributed by atoms with Crippen molar-refractivity contribution in [2.24, 2.45) is 0 Å². The van der Waals surface area contributed by atoms with Gasteiger partial charge in [0.15, 0.2) is 0 Å². The molecule has 5 nitrogen and oxygen atoms in total. The van der Waals surface area contributed by atoms with Crippen LogP contribution in [0.2, 0.25) is 0 Å². The fourth-order valence-electron chi connectivity index (χ4n) is 4.14. The minimum atomic E-state index is -1.06. The highest BCUT2D eigenvalue weighted by atomic mass is 19.1. The predicted octanol–water partition coefficient (Wildman–Crippen LogP) is 3.17. The van der Waals surface area contributed by atoms with Gasteiger partial charge in [-0.3, -0.25) is 9.69 Å². The molecule has 3 amide bonds. The number of hydrogen-bond acceptors (Lipinski definition) is 3. The van der Waals surface area contributed by atoms with Gasteiger partial charge in [-0.1, -0.05) is 30.3 Å². The Labute approximate surface area is 164 Å². The first kappa shape index (κ1) is 18.6. The first-order valence-corrected chi connectivity index (χ1v) is 9.56. The van der Waals surface area contributed by atoms with Crippen LogP contribution >= 0.6 is 0 Å². The van der Waals surface area contributed by atoms with Crippen LogP contribution in [0.4, 0.5) is 9.18 Å². The zero-order valence-electron chi connectivity index (χ0n) is 16.2. The van der Waals surface area contributed by atoms with Gasteiger partial charge in [-0.15, -0.1) is 0 Å².